The van der Waals surface area contributed by atoms with Crippen molar-refractivity contribution in [3.05, 3.63) is 0 Å². The van der Waals surface area contributed by atoms with Gasteiger partial charge in [0.05, 0.1) is 0 Å². The highest BCUT2D eigenvalue weighted by atomic mass is 32.2. The van der Waals surface area contributed by atoms with Crippen molar-refractivity contribution < 1.29 is 0 Å². The first-order valence-electron chi connectivity index (χ1n) is 6.39. The molecule has 0 aromatic rings. The van der Waals surface area contributed by atoms with Gasteiger partial charge >= 0.3 is 0 Å². The summed E-state index contributed by atoms with van der Waals surface area (Å²) in [6.45, 7) is 4.48. The van der Waals surface area contributed by atoms with Crippen LogP contribution >= 0.6 is 11.8 Å². The van der Waals surface area contributed by atoms with Gasteiger partial charge in [0.1, 0.15) is 0 Å². The fraction of sp³-hybridized carbons (Fsp3) is 1.00. The van der Waals surface area contributed by atoms with Gasteiger partial charge in [-0.1, -0.05) is 46.0 Å². The minimum atomic E-state index is 0.517. The molecule has 0 saturated carbocycles. The molecule has 92 valence electrons. The molecule has 0 fully saturated rings. The van der Waals surface area contributed by atoms with E-state index in [1.54, 1.807) is 0 Å². The molecule has 0 aromatic heterocycles. The minimum Gasteiger partial charge on any atom is -0.271 e. The summed E-state index contributed by atoms with van der Waals surface area (Å²) in [6.07, 6.45) is 9.27. The van der Waals surface area contributed by atoms with E-state index in [0.29, 0.717) is 6.04 Å². The summed E-state index contributed by atoms with van der Waals surface area (Å²) >= 11 is 2.01. The van der Waals surface area contributed by atoms with Crippen LogP contribution in [0.15, 0.2) is 0 Å². The normalized spacial score (nSPS) is 13.0. The Balaban J connectivity index is 3.28. The Kier molecular flexibility index (Phi) is 12.6. The van der Waals surface area contributed by atoms with Crippen molar-refractivity contribution in [2.45, 2.75) is 64.8 Å². The van der Waals surface area contributed by atoms with Crippen LogP contribution in [0.25, 0.3) is 0 Å². The molecule has 15 heavy (non-hydrogen) atoms. The largest absolute Gasteiger partial charge is 0.271 e. The van der Waals surface area contributed by atoms with Gasteiger partial charge in [0.25, 0.3) is 0 Å². The fourth-order valence-corrected chi connectivity index (χ4v) is 2.58. The Labute approximate surface area is 99.7 Å². The Morgan fingerprint density at radius 3 is 2.40 bits per heavy atom. The maximum atomic E-state index is 5.53. The number of hydrogen-bond acceptors (Lipinski definition) is 3. The molecule has 0 bridgehead atoms. The highest BCUT2D eigenvalue weighted by Gasteiger charge is 2.05. The maximum absolute atomic E-state index is 5.53. The molecule has 0 rings (SSSR count). The molecule has 1 atom stereocenters. The first-order chi connectivity index (χ1) is 7.35. The second-order valence-electron chi connectivity index (χ2n) is 4.14. The van der Waals surface area contributed by atoms with Crippen LogP contribution in [0, 0.1) is 0 Å². The number of unbranched alkanes of at least 4 members (excludes halogenated alkanes) is 4. The van der Waals surface area contributed by atoms with E-state index in [9.17, 15) is 0 Å². The molecule has 1 unspecified atom stereocenters. The van der Waals surface area contributed by atoms with Crippen LogP contribution in [0.2, 0.25) is 0 Å². The van der Waals surface area contributed by atoms with Crippen LogP contribution in [0.3, 0.4) is 0 Å². The zero-order chi connectivity index (χ0) is 11.4. The third-order valence-corrected chi connectivity index (χ3v) is 3.89. The average molecular weight is 232 g/mol. The topological polar surface area (TPSA) is 38.0 Å². The molecule has 0 aliphatic heterocycles. The smallest absolute Gasteiger partial charge is 0.0301 e. The standard InChI is InChI=1S/C12H28N2S/c1-3-5-6-7-8-9-12(14-13)11-15-10-4-2/h12,14H,3-11,13H2,1-2H3. The van der Waals surface area contributed by atoms with Crippen LogP contribution in [-0.2, 0) is 0 Å². The lowest BCUT2D eigenvalue weighted by atomic mass is 10.1. The predicted octanol–water partition coefficient (Wildman–Crippen LogP) is 3.32. The first kappa shape index (κ1) is 15.3. The number of nitrogens with two attached hydrogens (primary N) is 1. The molecule has 0 spiro atoms. The van der Waals surface area contributed by atoms with E-state index in [4.69, 9.17) is 5.84 Å². The summed E-state index contributed by atoms with van der Waals surface area (Å²) in [4.78, 5) is 0. The van der Waals surface area contributed by atoms with Gasteiger partial charge in [-0.3, -0.25) is 11.3 Å². The van der Waals surface area contributed by atoms with Crippen molar-refractivity contribution >= 4 is 11.8 Å². The molecule has 2 nitrogen and oxygen atoms in total. The lowest BCUT2D eigenvalue weighted by molar-refractivity contribution is 0.497. The van der Waals surface area contributed by atoms with Crippen LogP contribution in [0.4, 0.5) is 0 Å². The molecule has 0 heterocycles. The van der Waals surface area contributed by atoms with Crippen molar-refractivity contribution in [1.82, 2.24) is 5.43 Å². The predicted molar refractivity (Wildman–Crippen MR) is 72.1 cm³/mol. The van der Waals surface area contributed by atoms with Gasteiger partial charge in [-0.15, -0.1) is 0 Å². The summed E-state index contributed by atoms with van der Waals surface area (Å²) in [5.74, 6) is 7.96. The Bertz CT molecular complexity index is 120. The van der Waals surface area contributed by atoms with E-state index in [2.05, 4.69) is 19.3 Å². The van der Waals surface area contributed by atoms with Gasteiger partial charge in [0.2, 0.25) is 0 Å². The molecule has 3 heteroatoms. The summed E-state index contributed by atoms with van der Waals surface area (Å²) in [5.41, 5.74) is 2.93. The second kappa shape index (κ2) is 12.3. The Hall–Kier alpha value is 0.270. The lowest BCUT2D eigenvalue weighted by Gasteiger charge is -2.14. The summed E-state index contributed by atoms with van der Waals surface area (Å²) < 4.78 is 0. The third kappa shape index (κ3) is 10.6. The lowest BCUT2D eigenvalue weighted by Crippen LogP contribution is -2.37. The number of hydrazine groups is 1. The molecule has 0 aromatic carbocycles. The van der Waals surface area contributed by atoms with Crippen molar-refractivity contribution in [2.75, 3.05) is 11.5 Å². The van der Waals surface area contributed by atoms with Crippen molar-refractivity contribution in [2.24, 2.45) is 5.84 Å². The van der Waals surface area contributed by atoms with E-state index < -0.39 is 0 Å². The third-order valence-electron chi connectivity index (χ3n) is 2.56. The van der Waals surface area contributed by atoms with Crippen molar-refractivity contribution in [3.63, 3.8) is 0 Å². The van der Waals surface area contributed by atoms with Crippen LogP contribution in [0.5, 0.6) is 0 Å². The zero-order valence-corrected chi connectivity index (χ0v) is 11.2. The molecule has 0 amide bonds. The van der Waals surface area contributed by atoms with E-state index in [-0.39, 0.29) is 0 Å². The molecule has 0 aliphatic carbocycles. The summed E-state index contributed by atoms with van der Waals surface area (Å²) in [5, 5.41) is 0. The van der Waals surface area contributed by atoms with Gasteiger partial charge in [0, 0.05) is 11.8 Å². The maximum Gasteiger partial charge on any atom is 0.0301 e. The van der Waals surface area contributed by atoms with Gasteiger partial charge < -0.3 is 0 Å². The van der Waals surface area contributed by atoms with Crippen LogP contribution in [0.1, 0.15) is 58.8 Å². The number of thioether (sulfide) groups is 1. The Morgan fingerprint density at radius 1 is 1.07 bits per heavy atom. The Morgan fingerprint density at radius 2 is 1.80 bits per heavy atom. The second-order valence-corrected chi connectivity index (χ2v) is 5.29. The molecular weight excluding hydrogens is 204 g/mol. The van der Waals surface area contributed by atoms with Gasteiger partial charge in [-0.2, -0.15) is 11.8 Å². The van der Waals surface area contributed by atoms with Crippen molar-refractivity contribution in [1.29, 1.82) is 0 Å². The van der Waals surface area contributed by atoms with Crippen molar-refractivity contribution in [3.8, 4) is 0 Å². The van der Waals surface area contributed by atoms with E-state index in [1.165, 1.54) is 50.7 Å². The van der Waals surface area contributed by atoms with Gasteiger partial charge in [-0.05, 0) is 18.6 Å². The number of nitrogens with one attached hydrogen (secondary N) is 1. The van der Waals surface area contributed by atoms with E-state index in [1.807, 2.05) is 11.8 Å². The average Bonchev–Trinajstić information content (AvgIpc) is 2.26. The van der Waals surface area contributed by atoms with Gasteiger partial charge in [-0.25, -0.2) is 0 Å². The number of hydrogen-bond donors (Lipinski definition) is 2. The molecule has 0 saturated heterocycles. The highest BCUT2D eigenvalue weighted by molar-refractivity contribution is 7.99. The quantitative estimate of drug-likeness (QED) is 0.326. The summed E-state index contributed by atoms with van der Waals surface area (Å²) in [6, 6.07) is 0.517. The highest BCUT2D eigenvalue weighted by Crippen LogP contribution is 2.11. The monoisotopic (exact) mass is 232 g/mol. The molecule has 0 aliphatic rings. The number of rotatable bonds is 11. The SMILES string of the molecule is CCCCCCCC(CSCCC)NN. The van der Waals surface area contributed by atoms with Crippen LogP contribution < -0.4 is 11.3 Å². The van der Waals surface area contributed by atoms with E-state index >= 15 is 0 Å². The fourth-order valence-electron chi connectivity index (χ4n) is 1.58. The molecular formula is C12H28N2S. The zero-order valence-electron chi connectivity index (χ0n) is 10.4. The van der Waals surface area contributed by atoms with Crippen LogP contribution in [-0.4, -0.2) is 17.5 Å². The summed E-state index contributed by atoms with van der Waals surface area (Å²) in [7, 11) is 0. The van der Waals surface area contributed by atoms with Gasteiger partial charge in [0.15, 0.2) is 0 Å². The minimum absolute atomic E-state index is 0.517. The first-order valence-corrected chi connectivity index (χ1v) is 7.54. The molecule has 3 N–H and O–H groups in total. The molecule has 0 radical (unpaired) electrons. The van der Waals surface area contributed by atoms with E-state index in [0.717, 1.165) is 5.75 Å².